The fourth-order valence-corrected chi connectivity index (χ4v) is 2.86. The van der Waals surface area contributed by atoms with E-state index in [1.807, 2.05) is 26.0 Å². The van der Waals surface area contributed by atoms with Crippen LogP contribution in [0, 0.1) is 10.8 Å². The van der Waals surface area contributed by atoms with Crippen LogP contribution < -0.4 is 0 Å². The van der Waals surface area contributed by atoms with E-state index in [4.69, 9.17) is 18.9 Å². The number of hydrogen-bond acceptors (Lipinski definition) is 4. The van der Waals surface area contributed by atoms with E-state index in [0.29, 0.717) is 6.42 Å². The second-order valence-corrected chi connectivity index (χ2v) is 9.06. The maximum atomic E-state index is 6.34. The molecule has 26 heavy (non-hydrogen) atoms. The molecular weight excluding hydrogens is 328 g/mol. The Hall–Kier alpha value is -1.52. The average Bonchev–Trinajstić information content (AvgIpc) is 2.54. The Morgan fingerprint density at radius 2 is 1.15 bits per heavy atom. The SMILES string of the molecule is CCC(C)(OC1OC=CC=C1C(C)(C)C)OC1OC=CC=C1C(C)(C)C. The van der Waals surface area contributed by atoms with Gasteiger partial charge in [-0.1, -0.05) is 60.6 Å². The molecule has 0 saturated carbocycles. The van der Waals surface area contributed by atoms with Crippen LogP contribution in [-0.4, -0.2) is 18.4 Å². The summed E-state index contributed by atoms with van der Waals surface area (Å²) >= 11 is 0. The van der Waals surface area contributed by atoms with Crippen LogP contribution in [0.1, 0.15) is 61.8 Å². The molecule has 0 amide bonds. The molecule has 4 heteroatoms. The summed E-state index contributed by atoms with van der Waals surface area (Å²) in [4.78, 5) is 0. The summed E-state index contributed by atoms with van der Waals surface area (Å²) in [6.45, 7) is 16.9. The molecule has 0 aromatic carbocycles. The predicted octanol–water partition coefficient (Wildman–Crippen LogP) is 5.83. The molecule has 0 saturated heterocycles. The van der Waals surface area contributed by atoms with E-state index in [-0.39, 0.29) is 10.8 Å². The van der Waals surface area contributed by atoms with E-state index in [9.17, 15) is 0 Å². The first-order valence-electron chi connectivity index (χ1n) is 9.37. The highest BCUT2D eigenvalue weighted by atomic mass is 16.8. The van der Waals surface area contributed by atoms with Gasteiger partial charge in [0.2, 0.25) is 12.6 Å². The summed E-state index contributed by atoms with van der Waals surface area (Å²) in [7, 11) is 0. The van der Waals surface area contributed by atoms with Gasteiger partial charge in [-0.25, -0.2) is 0 Å². The highest BCUT2D eigenvalue weighted by molar-refractivity contribution is 5.24. The zero-order valence-electron chi connectivity index (χ0n) is 17.5. The van der Waals surface area contributed by atoms with Crippen molar-refractivity contribution >= 4 is 0 Å². The molecule has 0 spiro atoms. The molecule has 0 fully saturated rings. The topological polar surface area (TPSA) is 36.9 Å². The van der Waals surface area contributed by atoms with Crippen LogP contribution in [0.3, 0.4) is 0 Å². The van der Waals surface area contributed by atoms with E-state index in [1.165, 1.54) is 0 Å². The van der Waals surface area contributed by atoms with Gasteiger partial charge in [0.05, 0.1) is 12.5 Å². The maximum absolute atomic E-state index is 6.34. The monoisotopic (exact) mass is 362 g/mol. The van der Waals surface area contributed by atoms with E-state index in [2.05, 4.69) is 53.7 Å². The average molecular weight is 363 g/mol. The van der Waals surface area contributed by atoms with Crippen LogP contribution in [0.25, 0.3) is 0 Å². The molecule has 0 aromatic heterocycles. The Bertz CT molecular complexity index is 561. The van der Waals surface area contributed by atoms with E-state index in [1.54, 1.807) is 12.5 Å². The number of rotatable bonds is 5. The van der Waals surface area contributed by atoms with E-state index in [0.717, 1.165) is 11.1 Å². The first-order valence-corrected chi connectivity index (χ1v) is 9.37. The third-order valence-corrected chi connectivity index (χ3v) is 4.71. The molecule has 0 aromatic rings. The molecule has 2 atom stereocenters. The lowest BCUT2D eigenvalue weighted by molar-refractivity contribution is -0.323. The molecule has 0 radical (unpaired) electrons. The van der Waals surface area contributed by atoms with Crippen molar-refractivity contribution in [3.05, 3.63) is 48.0 Å². The number of hydrogen-bond donors (Lipinski definition) is 0. The van der Waals surface area contributed by atoms with Crippen LogP contribution in [0.2, 0.25) is 0 Å². The van der Waals surface area contributed by atoms with Gasteiger partial charge >= 0.3 is 0 Å². The molecular formula is C22H34O4. The molecule has 2 heterocycles. The van der Waals surface area contributed by atoms with Gasteiger partial charge in [-0.05, 0) is 36.3 Å². The number of ether oxygens (including phenoxy) is 4. The normalized spacial score (nSPS) is 25.7. The summed E-state index contributed by atoms with van der Waals surface area (Å²) in [5.41, 5.74) is 2.04. The molecule has 146 valence electrons. The fourth-order valence-electron chi connectivity index (χ4n) is 2.86. The van der Waals surface area contributed by atoms with Crippen LogP contribution in [0.5, 0.6) is 0 Å². The van der Waals surface area contributed by atoms with Crippen molar-refractivity contribution in [3.8, 4) is 0 Å². The molecule has 0 aliphatic carbocycles. The number of allylic oxidation sites excluding steroid dienone is 4. The summed E-state index contributed by atoms with van der Waals surface area (Å²) in [5.74, 6) is -0.847. The van der Waals surface area contributed by atoms with Gasteiger partial charge in [0, 0.05) is 11.1 Å². The third kappa shape index (κ3) is 5.01. The van der Waals surface area contributed by atoms with E-state index >= 15 is 0 Å². The predicted molar refractivity (Wildman–Crippen MR) is 104 cm³/mol. The minimum atomic E-state index is -0.847. The lowest BCUT2D eigenvalue weighted by atomic mass is 9.85. The van der Waals surface area contributed by atoms with Crippen molar-refractivity contribution in [2.45, 2.75) is 80.2 Å². The Balaban J connectivity index is 2.18. The van der Waals surface area contributed by atoms with Crippen molar-refractivity contribution in [2.24, 2.45) is 10.8 Å². The van der Waals surface area contributed by atoms with Crippen molar-refractivity contribution in [1.29, 1.82) is 0 Å². The molecule has 2 aliphatic heterocycles. The van der Waals surface area contributed by atoms with E-state index < -0.39 is 18.4 Å². The Labute approximate surface area is 158 Å². The first kappa shape index (κ1) is 20.8. The molecule has 0 N–H and O–H groups in total. The zero-order valence-corrected chi connectivity index (χ0v) is 17.5. The standard InChI is InChI=1S/C22H34O4/c1-9-22(8,25-18-16(20(2,3)4)12-10-14-23-18)26-19-17(21(5,6)7)13-11-15-24-19/h10-15,18-19H,9H2,1-8H3. The fraction of sp³-hybridized carbons (Fsp3) is 0.636. The van der Waals surface area contributed by atoms with Crippen LogP contribution in [0.4, 0.5) is 0 Å². The third-order valence-electron chi connectivity index (χ3n) is 4.71. The lowest BCUT2D eigenvalue weighted by Gasteiger charge is -2.41. The van der Waals surface area contributed by atoms with Crippen LogP contribution in [-0.2, 0) is 18.9 Å². The smallest absolute Gasteiger partial charge is 0.225 e. The van der Waals surface area contributed by atoms with Gasteiger partial charge in [-0.2, -0.15) is 0 Å². The summed E-state index contributed by atoms with van der Waals surface area (Å²) in [5, 5.41) is 0. The molecule has 2 unspecified atom stereocenters. The van der Waals surface area contributed by atoms with Gasteiger partial charge in [0.1, 0.15) is 0 Å². The van der Waals surface area contributed by atoms with Crippen LogP contribution >= 0.6 is 0 Å². The molecule has 2 rings (SSSR count). The summed E-state index contributed by atoms with van der Waals surface area (Å²) in [6.07, 6.45) is 11.0. The van der Waals surface area contributed by atoms with Gasteiger partial charge in [-0.3, -0.25) is 0 Å². The molecule has 2 aliphatic rings. The van der Waals surface area contributed by atoms with Gasteiger partial charge in [-0.15, -0.1) is 0 Å². The van der Waals surface area contributed by atoms with Crippen molar-refractivity contribution in [3.63, 3.8) is 0 Å². The molecule has 0 bridgehead atoms. The first-order chi connectivity index (χ1) is 12.0. The zero-order chi connectivity index (χ0) is 19.6. The maximum Gasteiger partial charge on any atom is 0.225 e. The summed E-state index contributed by atoms with van der Waals surface area (Å²) in [6, 6.07) is 0. The van der Waals surface area contributed by atoms with Gasteiger partial charge in [0.25, 0.3) is 0 Å². The highest BCUT2D eigenvalue weighted by Crippen LogP contribution is 2.38. The Kier molecular flexibility index (Phi) is 6.09. The summed E-state index contributed by atoms with van der Waals surface area (Å²) < 4.78 is 24.2. The second-order valence-electron chi connectivity index (χ2n) is 9.06. The van der Waals surface area contributed by atoms with Crippen LogP contribution in [0.15, 0.2) is 48.0 Å². The van der Waals surface area contributed by atoms with Crippen molar-refractivity contribution in [1.82, 2.24) is 0 Å². The van der Waals surface area contributed by atoms with Crippen molar-refractivity contribution in [2.75, 3.05) is 0 Å². The molecule has 4 nitrogen and oxygen atoms in total. The minimum Gasteiger partial charge on any atom is -0.468 e. The quantitative estimate of drug-likeness (QED) is 0.577. The highest BCUT2D eigenvalue weighted by Gasteiger charge is 2.39. The Morgan fingerprint density at radius 1 is 0.769 bits per heavy atom. The largest absolute Gasteiger partial charge is 0.468 e. The minimum absolute atomic E-state index is 0.0649. The van der Waals surface area contributed by atoms with Gasteiger partial charge < -0.3 is 18.9 Å². The van der Waals surface area contributed by atoms with Gasteiger partial charge in [0.15, 0.2) is 5.79 Å². The van der Waals surface area contributed by atoms with Crippen molar-refractivity contribution < 1.29 is 18.9 Å². The Morgan fingerprint density at radius 3 is 1.46 bits per heavy atom. The second kappa shape index (κ2) is 7.61. The lowest BCUT2D eigenvalue weighted by Crippen LogP contribution is -2.44.